The van der Waals surface area contributed by atoms with Crippen LogP contribution in [0, 0.1) is 5.92 Å². The molecule has 0 radical (unpaired) electrons. The zero-order chi connectivity index (χ0) is 21.6. The smallest absolute Gasteiger partial charge is 0.245 e. The number of carbonyl (C=O) groups is 1. The Labute approximate surface area is 184 Å². The number of fused-ring (bicyclic) bond motifs is 1. The first-order valence-corrected chi connectivity index (χ1v) is 11.7. The van der Waals surface area contributed by atoms with Crippen LogP contribution in [-0.2, 0) is 6.42 Å². The quantitative estimate of drug-likeness (QED) is 0.482. The van der Waals surface area contributed by atoms with Gasteiger partial charge in [0.15, 0.2) is 11.6 Å². The molecule has 1 aromatic carbocycles. The van der Waals surface area contributed by atoms with Gasteiger partial charge in [0, 0.05) is 49.7 Å². The van der Waals surface area contributed by atoms with Gasteiger partial charge in [0.05, 0.1) is 0 Å². The number of piperazine rings is 1. The maximum atomic E-state index is 13.0. The highest BCUT2D eigenvalue weighted by Gasteiger charge is 2.23. The van der Waals surface area contributed by atoms with Gasteiger partial charge >= 0.3 is 0 Å². The van der Waals surface area contributed by atoms with Crippen molar-refractivity contribution >= 4 is 22.6 Å². The number of anilines is 1. The van der Waals surface area contributed by atoms with E-state index in [1.165, 1.54) is 10.9 Å². The van der Waals surface area contributed by atoms with Crippen molar-refractivity contribution in [1.29, 1.82) is 0 Å². The molecule has 0 amide bonds. The molecule has 1 fully saturated rings. The molecule has 0 saturated carbocycles. The fourth-order valence-electron chi connectivity index (χ4n) is 4.52. The molecule has 0 spiro atoms. The van der Waals surface area contributed by atoms with Crippen molar-refractivity contribution in [2.45, 2.75) is 46.0 Å². The molecule has 1 unspecified atom stereocenters. The van der Waals surface area contributed by atoms with Crippen molar-refractivity contribution in [1.82, 2.24) is 25.1 Å². The van der Waals surface area contributed by atoms with E-state index in [0.29, 0.717) is 24.1 Å². The number of para-hydroxylation sites is 1. The minimum Gasteiger partial charge on any atom is -0.361 e. The summed E-state index contributed by atoms with van der Waals surface area (Å²) in [7, 11) is 0. The van der Waals surface area contributed by atoms with Gasteiger partial charge in [0.1, 0.15) is 0 Å². The van der Waals surface area contributed by atoms with Crippen LogP contribution in [0.1, 0.15) is 55.7 Å². The fraction of sp³-hybridized carbons (Fsp3) is 0.542. The van der Waals surface area contributed by atoms with E-state index in [1.54, 1.807) is 0 Å². The summed E-state index contributed by atoms with van der Waals surface area (Å²) in [6, 6.07) is 8.37. The van der Waals surface area contributed by atoms with Crippen LogP contribution in [0.2, 0.25) is 0 Å². The number of aromatic nitrogens is 4. The first-order valence-electron chi connectivity index (χ1n) is 11.7. The number of benzene rings is 1. The number of nitrogens with one attached hydrogen (secondary N) is 2. The second kappa shape index (κ2) is 10.1. The lowest BCUT2D eigenvalue weighted by Crippen LogP contribution is -2.46. The largest absolute Gasteiger partial charge is 0.361 e. The SMILES string of the molecule is CCCCC(CC(=O)c1nc(N2CCN(CC)CC2)n[nH]1)Cc1c[nH]c2ccccc12. The van der Waals surface area contributed by atoms with Gasteiger partial charge in [-0.25, -0.2) is 0 Å². The molecular weight excluding hydrogens is 388 g/mol. The van der Waals surface area contributed by atoms with Crippen LogP contribution in [0.25, 0.3) is 10.9 Å². The average Bonchev–Trinajstić information content (AvgIpc) is 3.45. The third-order valence-corrected chi connectivity index (χ3v) is 6.46. The molecule has 7 heteroatoms. The monoisotopic (exact) mass is 422 g/mol. The summed E-state index contributed by atoms with van der Waals surface area (Å²) in [4.78, 5) is 25.5. The summed E-state index contributed by atoms with van der Waals surface area (Å²) in [6.45, 7) is 9.28. The Bertz CT molecular complexity index is 985. The van der Waals surface area contributed by atoms with Crippen LogP contribution in [0.3, 0.4) is 0 Å². The van der Waals surface area contributed by atoms with E-state index >= 15 is 0 Å². The fourth-order valence-corrected chi connectivity index (χ4v) is 4.52. The number of nitrogens with zero attached hydrogens (tertiary/aromatic N) is 4. The molecule has 7 nitrogen and oxygen atoms in total. The zero-order valence-corrected chi connectivity index (χ0v) is 18.7. The van der Waals surface area contributed by atoms with Gasteiger partial charge in [-0.2, -0.15) is 4.98 Å². The van der Waals surface area contributed by atoms with E-state index in [-0.39, 0.29) is 5.78 Å². The van der Waals surface area contributed by atoms with Crippen LogP contribution in [-0.4, -0.2) is 63.6 Å². The number of hydrogen-bond acceptors (Lipinski definition) is 5. The van der Waals surface area contributed by atoms with Crippen LogP contribution in [0.15, 0.2) is 30.5 Å². The number of rotatable bonds is 10. The maximum Gasteiger partial charge on any atom is 0.245 e. The van der Waals surface area contributed by atoms with Crippen molar-refractivity contribution in [2.75, 3.05) is 37.6 Å². The molecule has 3 aromatic rings. The molecule has 0 aliphatic carbocycles. The Morgan fingerprint density at radius 2 is 1.97 bits per heavy atom. The number of hydrogen-bond donors (Lipinski definition) is 2. The normalized spacial score (nSPS) is 16.1. The number of aromatic amines is 2. The molecule has 1 aliphatic heterocycles. The van der Waals surface area contributed by atoms with Crippen LogP contribution in [0.5, 0.6) is 0 Å². The van der Waals surface area contributed by atoms with Gasteiger partial charge < -0.3 is 14.8 Å². The van der Waals surface area contributed by atoms with Crippen molar-refractivity contribution in [3.63, 3.8) is 0 Å². The number of H-pyrrole nitrogens is 2. The van der Waals surface area contributed by atoms with Crippen molar-refractivity contribution < 1.29 is 4.79 Å². The summed E-state index contributed by atoms with van der Waals surface area (Å²) >= 11 is 0. The van der Waals surface area contributed by atoms with Gasteiger partial charge in [-0.1, -0.05) is 44.9 Å². The van der Waals surface area contributed by atoms with Crippen LogP contribution >= 0.6 is 0 Å². The molecule has 4 rings (SSSR count). The molecular formula is C24H34N6O. The number of unbranched alkanes of at least 4 members (excludes halogenated alkanes) is 1. The maximum absolute atomic E-state index is 13.0. The Morgan fingerprint density at radius 1 is 1.16 bits per heavy atom. The molecule has 2 aromatic heterocycles. The molecule has 3 heterocycles. The van der Waals surface area contributed by atoms with E-state index in [0.717, 1.165) is 63.9 Å². The second-order valence-corrected chi connectivity index (χ2v) is 8.60. The van der Waals surface area contributed by atoms with Gasteiger partial charge in [0.2, 0.25) is 5.95 Å². The second-order valence-electron chi connectivity index (χ2n) is 8.60. The highest BCUT2D eigenvalue weighted by molar-refractivity contribution is 5.93. The third kappa shape index (κ3) is 5.15. The Hall–Kier alpha value is -2.67. The standard InChI is InChI=1S/C24H34N6O/c1-3-5-8-18(15-19-17-25-21-10-7-6-9-20(19)21)16-22(31)23-26-24(28-27-23)30-13-11-29(4-2)12-14-30/h6-7,9-10,17-18,25H,3-5,8,11-16H2,1-2H3,(H,26,27,28). The van der Waals surface area contributed by atoms with Crippen molar-refractivity contribution in [3.8, 4) is 0 Å². The number of ketones is 1. The van der Waals surface area contributed by atoms with Gasteiger partial charge in [-0.15, -0.1) is 5.10 Å². The summed E-state index contributed by atoms with van der Waals surface area (Å²) < 4.78 is 0. The molecule has 0 bridgehead atoms. The number of Topliss-reactive ketones (excluding diaryl/α,β-unsaturated/α-hetero) is 1. The first-order chi connectivity index (χ1) is 15.2. The van der Waals surface area contributed by atoms with E-state index in [2.05, 4.69) is 68.2 Å². The summed E-state index contributed by atoms with van der Waals surface area (Å²) in [6.07, 6.45) is 6.80. The summed E-state index contributed by atoms with van der Waals surface area (Å²) in [5.41, 5.74) is 2.44. The summed E-state index contributed by atoms with van der Waals surface area (Å²) in [5.74, 6) is 1.41. The number of carbonyl (C=O) groups excluding carboxylic acids is 1. The Morgan fingerprint density at radius 3 is 2.74 bits per heavy atom. The highest BCUT2D eigenvalue weighted by Crippen LogP contribution is 2.26. The van der Waals surface area contributed by atoms with E-state index in [9.17, 15) is 4.79 Å². The van der Waals surface area contributed by atoms with Gasteiger partial charge in [-0.05, 0) is 36.9 Å². The minimum absolute atomic E-state index is 0.0619. The predicted molar refractivity (Wildman–Crippen MR) is 125 cm³/mol. The summed E-state index contributed by atoms with van der Waals surface area (Å²) in [5, 5.41) is 8.50. The Balaban J connectivity index is 1.41. The lowest BCUT2D eigenvalue weighted by molar-refractivity contribution is 0.0948. The molecule has 2 N–H and O–H groups in total. The van der Waals surface area contributed by atoms with Crippen molar-refractivity contribution in [3.05, 3.63) is 41.9 Å². The van der Waals surface area contributed by atoms with E-state index in [1.807, 2.05) is 6.07 Å². The van der Waals surface area contributed by atoms with E-state index < -0.39 is 0 Å². The molecule has 1 aliphatic rings. The van der Waals surface area contributed by atoms with Gasteiger partial charge in [-0.3, -0.25) is 9.89 Å². The third-order valence-electron chi connectivity index (χ3n) is 6.46. The van der Waals surface area contributed by atoms with Gasteiger partial charge in [0.25, 0.3) is 0 Å². The van der Waals surface area contributed by atoms with Crippen LogP contribution in [0.4, 0.5) is 5.95 Å². The molecule has 31 heavy (non-hydrogen) atoms. The first kappa shape index (κ1) is 21.6. The topological polar surface area (TPSA) is 80.9 Å². The zero-order valence-electron chi connectivity index (χ0n) is 18.7. The molecule has 166 valence electrons. The van der Waals surface area contributed by atoms with Crippen molar-refractivity contribution in [2.24, 2.45) is 5.92 Å². The molecule has 1 saturated heterocycles. The Kier molecular flexibility index (Phi) is 7.02. The molecule has 1 atom stereocenters. The van der Waals surface area contributed by atoms with E-state index in [4.69, 9.17) is 0 Å². The lowest BCUT2D eigenvalue weighted by atomic mass is 9.89. The predicted octanol–water partition coefficient (Wildman–Crippen LogP) is 4.05. The van der Waals surface area contributed by atoms with Crippen LogP contribution < -0.4 is 4.90 Å². The lowest BCUT2D eigenvalue weighted by Gasteiger charge is -2.33. The minimum atomic E-state index is 0.0619. The average molecular weight is 423 g/mol. The number of likely N-dealkylation sites (N-methyl/N-ethyl adjacent to an activating group) is 1. The highest BCUT2D eigenvalue weighted by atomic mass is 16.1.